The Morgan fingerprint density at radius 2 is 0.818 bits per heavy atom. The first-order valence-corrected chi connectivity index (χ1v) is 7.03. The van der Waals surface area contributed by atoms with Crippen molar-refractivity contribution >= 4 is 12.4 Å². The van der Waals surface area contributed by atoms with Crippen LogP contribution in [0.3, 0.4) is 0 Å². The van der Waals surface area contributed by atoms with Gasteiger partial charge in [-0.1, -0.05) is 0 Å². The van der Waals surface area contributed by atoms with Gasteiger partial charge < -0.3 is 0 Å². The molecule has 0 saturated carbocycles. The van der Waals surface area contributed by atoms with Crippen LogP contribution in [0, 0.1) is 0 Å². The summed E-state index contributed by atoms with van der Waals surface area (Å²) in [6, 6.07) is 0. The van der Waals surface area contributed by atoms with Gasteiger partial charge in [0.25, 0.3) is 0 Å². The van der Waals surface area contributed by atoms with Crippen molar-refractivity contribution in [2.45, 2.75) is 54.2 Å². The Bertz CT molecular complexity index is 70.5. The Balaban J connectivity index is 0. The molecule has 0 heterocycles. The smallest absolute Gasteiger partial charge is 0.147 e. The molecule has 0 spiro atoms. The fourth-order valence-corrected chi connectivity index (χ4v) is 8.25. The van der Waals surface area contributed by atoms with Crippen molar-refractivity contribution in [2.24, 2.45) is 0 Å². The number of hydrogen-bond acceptors (Lipinski definition) is 0. The van der Waals surface area contributed by atoms with E-state index >= 15 is 0 Å². The third kappa shape index (κ3) is 5.28. The van der Waals surface area contributed by atoms with Gasteiger partial charge in [-0.15, -0.1) is 12.4 Å². The van der Waals surface area contributed by atoms with Crippen molar-refractivity contribution in [2.75, 3.05) is 0 Å². The van der Waals surface area contributed by atoms with Crippen LogP contribution >= 0.6 is 12.4 Å². The SMILES string of the molecule is C[CH](C)[Ti]([CH](C)C)[CH](C)C.Cl. The molecule has 0 radical (unpaired) electrons. The van der Waals surface area contributed by atoms with Crippen molar-refractivity contribution in [3.8, 4) is 0 Å². The van der Waals surface area contributed by atoms with Crippen molar-refractivity contribution in [1.29, 1.82) is 0 Å². The average molecular weight is 214 g/mol. The van der Waals surface area contributed by atoms with Gasteiger partial charge in [0.2, 0.25) is 0 Å². The molecule has 0 atom stereocenters. The first-order chi connectivity index (χ1) is 4.46. The van der Waals surface area contributed by atoms with E-state index in [0.29, 0.717) is 0 Å². The van der Waals surface area contributed by atoms with Crippen LogP contribution in [-0.4, -0.2) is 0 Å². The summed E-state index contributed by atoms with van der Waals surface area (Å²) in [5.41, 5.74) is 0. The zero-order valence-electron chi connectivity index (χ0n) is 8.64. The van der Waals surface area contributed by atoms with E-state index in [-0.39, 0.29) is 12.4 Å². The quantitative estimate of drug-likeness (QED) is 0.605. The van der Waals surface area contributed by atoms with Crippen LogP contribution in [0.15, 0.2) is 0 Å². The molecule has 0 fully saturated rings. The van der Waals surface area contributed by atoms with Crippen LogP contribution in [0.2, 0.25) is 12.7 Å². The fourth-order valence-electron chi connectivity index (χ4n) is 2.00. The number of rotatable bonds is 3. The van der Waals surface area contributed by atoms with Crippen LogP contribution in [-0.2, 0) is 17.9 Å². The second-order valence-electron chi connectivity index (χ2n) is 3.96. The summed E-state index contributed by atoms with van der Waals surface area (Å²) in [4.78, 5) is 0. The minimum absolute atomic E-state index is 0. The topological polar surface area (TPSA) is 0 Å². The van der Waals surface area contributed by atoms with E-state index < -0.39 is 17.9 Å². The first-order valence-electron chi connectivity index (χ1n) is 4.33. The van der Waals surface area contributed by atoms with Gasteiger partial charge in [0.15, 0.2) is 0 Å². The average Bonchev–Trinajstić information content (AvgIpc) is 1.59. The Morgan fingerprint density at radius 1 is 0.636 bits per heavy atom. The minimum atomic E-state index is -0.722. The second-order valence-corrected chi connectivity index (χ2v) is 10.9. The maximum Gasteiger partial charge on any atom is -0.147 e. The molecule has 0 aliphatic heterocycles. The molecule has 0 amide bonds. The predicted octanol–water partition coefficient (Wildman–Crippen LogP) is 4.51. The molecule has 0 aliphatic rings. The van der Waals surface area contributed by atoms with E-state index in [0.717, 1.165) is 12.7 Å². The molecule has 0 aromatic carbocycles. The van der Waals surface area contributed by atoms with Crippen LogP contribution in [0.25, 0.3) is 0 Å². The van der Waals surface area contributed by atoms with Gasteiger partial charge in [0.05, 0.1) is 0 Å². The number of halogens is 1. The molecular weight excluding hydrogens is 191 g/mol. The molecule has 0 unspecified atom stereocenters. The summed E-state index contributed by atoms with van der Waals surface area (Å²) in [6.07, 6.45) is 0. The van der Waals surface area contributed by atoms with E-state index in [9.17, 15) is 0 Å². The Morgan fingerprint density at radius 3 is 0.818 bits per heavy atom. The van der Waals surface area contributed by atoms with E-state index in [2.05, 4.69) is 41.5 Å². The summed E-state index contributed by atoms with van der Waals surface area (Å²) in [7, 11) is 0. The molecule has 0 bridgehead atoms. The third-order valence-corrected chi connectivity index (χ3v) is 8.25. The van der Waals surface area contributed by atoms with Crippen molar-refractivity contribution in [3.63, 3.8) is 0 Å². The monoisotopic (exact) mass is 213 g/mol. The maximum absolute atomic E-state index is 2.40. The van der Waals surface area contributed by atoms with Gasteiger partial charge >= 0.3 is 72.1 Å². The standard InChI is InChI=1S/3C3H7.ClH.Ti/c3*1-3-2;;/h3*3H,1-2H3;1H;. The van der Waals surface area contributed by atoms with Gasteiger partial charge in [-0.05, 0) is 0 Å². The molecular formula is C9H22ClTi. The summed E-state index contributed by atoms with van der Waals surface area (Å²) >= 11 is -0.722. The molecule has 69 valence electrons. The normalized spacial score (nSPS) is 10.6. The summed E-state index contributed by atoms with van der Waals surface area (Å²) < 4.78 is 3.00. The van der Waals surface area contributed by atoms with Crippen LogP contribution in [0.4, 0.5) is 0 Å². The Hall–Kier alpha value is 1.00. The molecule has 0 nitrogen and oxygen atoms in total. The van der Waals surface area contributed by atoms with Gasteiger partial charge in [0, 0.05) is 0 Å². The second kappa shape index (κ2) is 6.51. The summed E-state index contributed by atoms with van der Waals surface area (Å²) in [6.45, 7) is 14.4. The molecule has 0 aliphatic carbocycles. The largest absolute Gasteiger partial charge is 0.147 e. The molecule has 0 aromatic heterocycles. The van der Waals surface area contributed by atoms with Gasteiger partial charge in [-0.25, -0.2) is 0 Å². The molecule has 0 rings (SSSR count). The third-order valence-electron chi connectivity index (χ3n) is 2.00. The molecule has 0 aromatic rings. The van der Waals surface area contributed by atoms with Crippen molar-refractivity contribution in [3.05, 3.63) is 0 Å². The minimum Gasteiger partial charge on any atom is -0.147 e. The van der Waals surface area contributed by atoms with Gasteiger partial charge in [0.1, 0.15) is 0 Å². The van der Waals surface area contributed by atoms with Crippen molar-refractivity contribution in [1.82, 2.24) is 0 Å². The van der Waals surface area contributed by atoms with Gasteiger partial charge in [-0.3, -0.25) is 0 Å². The van der Waals surface area contributed by atoms with Crippen LogP contribution in [0.1, 0.15) is 41.5 Å². The summed E-state index contributed by atoms with van der Waals surface area (Å²) in [5, 5.41) is 0. The van der Waals surface area contributed by atoms with Crippen LogP contribution < -0.4 is 0 Å². The zero-order chi connectivity index (χ0) is 8.31. The fraction of sp³-hybridized carbons (Fsp3) is 1.00. The molecule has 0 saturated heterocycles. The van der Waals surface area contributed by atoms with Gasteiger partial charge in [-0.2, -0.15) is 0 Å². The Labute approximate surface area is 84.4 Å². The summed E-state index contributed by atoms with van der Waals surface area (Å²) in [5.74, 6) is 0. The van der Waals surface area contributed by atoms with Crippen molar-refractivity contribution < 1.29 is 17.9 Å². The van der Waals surface area contributed by atoms with E-state index in [1.165, 1.54) is 0 Å². The number of hydrogen-bond donors (Lipinski definition) is 0. The molecule has 2 heteroatoms. The molecule has 11 heavy (non-hydrogen) atoms. The first kappa shape index (κ1) is 14.5. The predicted molar refractivity (Wildman–Crippen MR) is 52.5 cm³/mol. The molecule has 0 N–H and O–H groups in total. The van der Waals surface area contributed by atoms with E-state index in [1.54, 1.807) is 0 Å². The van der Waals surface area contributed by atoms with Crippen LogP contribution in [0.5, 0.6) is 0 Å². The Kier molecular flexibility index (Phi) is 8.60. The zero-order valence-corrected chi connectivity index (χ0v) is 11.0. The maximum atomic E-state index is 2.40. The van der Waals surface area contributed by atoms with E-state index in [4.69, 9.17) is 0 Å². The van der Waals surface area contributed by atoms with E-state index in [1.807, 2.05) is 0 Å².